The standard InChI is InChI=1S/C15H20F2N4O2S/c1-2-19-8-10-20(11-9-19)15-18-6-7-21(15)24(22,23)14-12(16)4-3-5-13(14)17/h3-5H,2,6-11H2,1H3. The van der Waals surface area contributed by atoms with Crippen LogP contribution in [0.3, 0.4) is 0 Å². The van der Waals surface area contributed by atoms with E-state index in [-0.39, 0.29) is 12.5 Å². The Morgan fingerprint density at radius 2 is 1.71 bits per heavy atom. The Kier molecular flexibility index (Phi) is 4.73. The molecule has 1 fully saturated rings. The fraction of sp³-hybridized carbons (Fsp3) is 0.533. The van der Waals surface area contributed by atoms with Crippen LogP contribution in [0.2, 0.25) is 0 Å². The lowest BCUT2D eigenvalue weighted by Gasteiger charge is -2.37. The van der Waals surface area contributed by atoms with E-state index in [1.165, 1.54) is 0 Å². The van der Waals surface area contributed by atoms with Crippen molar-refractivity contribution in [3.05, 3.63) is 29.8 Å². The molecule has 3 rings (SSSR count). The van der Waals surface area contributed by atoms with E-state index < -0.39 is 26.6 Å². The maximum absolute atomic E-state index is 14.0. The van der Waals surface area contributed by atoms with Crippen LogP contribution in [0.5, 0.6) is 0 Å². The number of nitrogens with zero attached hydrogens (tertiary/aromatic N) is 4. The molecule has 1 saturated heterocycles. The van der Waals surface area contributed by atoms with E-state index >= 15 is 0 Å². The number of likely N-dealkylation sites (N-methyl/N-ethyl adjacent to an activating group) is 1. The number of sulfonamides is 1. The third-order valence-corrected chi connectivity index (χ3v) is 6.18. The van der Waals surface area contributed by atoms with E-state index in [0.717, 1.165) is 42.1 Å². The molecule has 1 aromatic carbocycles. The molecule has 0 aromatic heterocycles. The van der Waals surface area contributed by atoms with Gasteiger partial charge in [0.25, 0.3) is 10.0 Å². The summed E-state index contributed by atoms with van der Waals surface area (Å²) in [6, 6.07) is 3.04. The van der Waals surface area contributed by atoms with Crippen LogP contribution < -0.4 is 0 Å². The maximum atomic E-state index is 14.0. The second-order valence-electron chi connectivity index (χ2n) is 5.73. The number of rotatable bonds is 3. The van der Waals surface area contributed by atoms with Gasteiger partial charge in [-0.15, -0.1) is 0 Å². The number of benzene rings is 1. The summed E-state index contributed by atoms with van der Waals surface area (Å²) in [6.07, 6.45) is 0. The van der Waals surface area contributed by atoms with Gasteiger partial charge in [-0.25, -0.2) is 21.5 Å². The average Bonchev–Trinajstić information content (AvgIpc) is 3.05. The summed E-state index contributed by atoms with van der Waals surface area (Å²) in [5.41, 5.74) is 0. The number of aliphatic imine (C=N–C) groups is 1. The van der Waals surface area contributed by atoms with E-state index in [9.17, 15) is 17.2 Å². The van der Waals surface area contributed by atoms with E-state index in [0.29, 0.717) is 19.6 Å². The predicted octanol–water partition coefficient (Wildman–Crippen LogP) is 0.963. The summed E-state index contributed by atoms with van der Waals surface area (Å²) >= 11 is 0. The lowest BCUT2D eigenvalue weighted by atomic mass is 10.3. The van der Waals surface area contributed by atoms with Gasteiger partial charge in [-0.2, -0.15) is 0 Å². The van der Waals surface area contributed by atoms with Crippen LogP contribution in [0.4, 0.5) is 8.78 Å². The second-order valence-corrected chi connectivity index (χ2v) is 7.53. The first kappa shape index (κ1) is 17.1. The first-order valence-electron chi connectivity index (χ1n) is 7.93. The zero-order chi connectivity index (χ0) is 17.3. The zero-order valence-corrected chi connectivity index (χ0v) is 14.3. The Morgan fingerprint density at radius 1 is 1.08 bits per heavy atom. The number of hydrogen-bond acceptors (Lipinski definition) is 5. The van der Waals surface area contributed by atoms with E-state index in [1.54, 1.807) is 0 Å². The lowest BCUT2D eigenvalue weighted by Crippen LogP contribution is -2.53. The van der Waals surface area contributed by atoms with Crippen LogP contribution in [-0.2, 0) is 10.0 Å². The molecule has 2 aliphatic rings. The highest BCUT2D eigenvalue weighted by atomic mass is 32.2. The van der Waals surface area contributed by atoms with Gasteiger partial charge in [-0.1, -0.05) is 13.0 Å². The smallest absolute Gasteiger partial charge is 0.272 e. The molecule has 2 aliphatic heterocycles. The van der Waals surface area contributed by atoms with Crippen LogP contribution in [0.15, 0.2) is 28.1 Å². The van der Waals surface area contributed by atoms with Crippen LogP contribution in [0.1, 0.15) is 6.92 Å². The Bertz CT molecular complexity index is 726. The molecule has 0 amide bonds. The molecule has 0 spiro atoms. The largest absolute Gasteiger partial charge is 0.339 e. The number of piperazine rings is 1. The first-order chi connectivity index (χ1) is 11.4. The van der Waals surface area contributed by atoms with Gasteiger partial charge < -0.3 is 9.80 Å². The van der Waals surface area contributed by atoms with Gasteiger partial charge in [0.2, 0.25) is 5.96 Å². The van der Waals surface area contributed by atoms with Crippen molar-refractivity contribution in [1.29, 1.82) is 0 Å². The Morgan fingerprint density at radius 3 is 2.29 bits per heavy atom. The van der Waals surface area contributed by atoms with Gasteiger partial charge in [-0.05, 0) is 18.7 Å². The minimum absolute atomic E-state index is 0.0967. The second kappa shape index (κ2) is 6.64. The fourth-order valence-corrected chi connectivity index (χ4v) is 4.57. The van der Waals surface area contributed by atoms with Crippen molar-refractivity contribution in [2.75, 3.05) is 45.8 Å². The third kappa shape index (κ3) is 2.98. The monoisotopic (exact) mass is 358 g/mol. The summed E-state index contributed by atoms with van der Waals surface area (Å²) in [5, 5.41) is 0. The van der Waals surface area contributed by atoms with Gasteiger partial charge >= 0.3 is 0 Å². The van der Waals surface area contributed by atoms with Crippen molar-refractivity contribution in [3.63, 3.8) is 0 Å². The first-order valence-corrected chi connectivity index (χ1v) is 9.37. The van der Waals surface area contributed by atoms with E-state index in [1.807, 2.05) is 4.90 Å². The van der Waals surface area contributed by atoms with Gasteiger partial charge in [0.1, 0.15) is 11.6 Å². The molecule has 1 aromatic rings. The van der Waals surface area contributed by atoms with Crippen molar-refractivity contribution in [1.82, 2.24) is 14.1 Å². The Balaban J connectivity index is 1.87. The van der Waals surface area contributed by atoms with E-state index in [2.05, 4.69) is 16.8 Å². The summed E-state index contributed by atoms with van der Waals surface area (Å²) in [7, 11) is -4.32. The predicted molar refractivity (Wildman–Crippen MR) is 86.2 cm³/mol. The van der Waals surface area contributed by atoms with Crippen molar-refractivity contribution in [2.24, 2.45) is 4.99 Å². The molecule has 0 atom stereocenters. The molecule has 0 N–H and O–H groups in total. The molecule has 0 unspecified atom stereocenters. The molecule has 2 heterocycles. The van der Waals surface area contributed by atoms with Crippen LogP contribution in [-0.4, -0.2) is 74.3 Å². The molecular weight excluding hydrogens is 338 g/mol. The SMILES string of the molecule is CCN1CCN(C2=NCCN2S(=O)(=O)c2c(F)cccc2F)CC1. The van der Waals surface area contributed by atoms with Gasteiger partial charge in [0.05, 0.1) is 13.1 Å². The lowest BCUT2D eigenvalue weighted by molar-refractivity contribution is 0.184. The minimum Gasteiger partial charge on any atom is -0.339 e. The molecule has 0 bridgehead atoms. The third-order valence-electron chi connectivity index (χ3n) is 4.35. The van der Waals surface area contributed by atoms with Crippen molar-refractivity contribution >= 4 is 16.0 Å². The molecule has 24 heavy (non-hydrogen) atoms. The van der Waals surface area contributed by atoms with Gasteiger partial charge in [0.15, 0.2) is 4.90 Å². The summed E-state index contributed by atoms with van der Waals surface area (Å²) in [6.45, 7) is 6.27. The highest BCUT2D eigenvalue weighted by Crippen LogP contribution is 2.25. The number of halogens is 2. The highest BCUT2D eigenvalue weighted by Gasteiger charge is 2.37. The molecule has 6 nitrogen and oxygen atoms in total. The Hall–Kier alpha value is -1.74. The van der Waals surface area contributed by atoms with Crippen LogP contribution in [0.25, 0.3) is 0 Å². The summed E-state index contributed by atoms with van der Waals surface area (Å²) in [5.74, 6) is -1.89. The average molecular weight is 358 g/mol. The molecule has 9 heteroatoms. The molecule has 0 saturated carbocycles. The quantitative estimate of drug-likeness (QED) is 0.808. The molecule has 0 aliphatic carbocycles. The molecule has 132 valence electrons. The van der Waals surface area contributed by atoms with Crippen molar-refractivity contribution in [2.45, 2.75) is 11.8 Å². The van der Waals surface area contributed by atoms with Gasteiger partial charge in [0, 0.05) is 26.2 Å². The summed E-state index contributed by atoms with van der Waals surface area (Å²) < 4.78 is 54.5. The maximum Gasteiger partial charge on any atom is 0.272 e. The van der Waals surface area contributed by atoms with Crippen LogP contribution in [0, 0.1) is 11.6 Å². The topological polar surface area (TPSA) is 56.2 Å². The molecule has 0 radical (unpaired) electrons. The number of hydrogen-bond donors (Lipinski definition) is 0. The normalized spacial score (nSPS) is 19.7. The summed E-state index contributed by atoms with van der Waals surface area (Å²) in [4.78, 5) is 7.48. The van der Waals surface area contributed by atoms with E-state index in [4.69, 9.17) is 0 Å². The zero-order valence-electron chi connectivity index (χ0n) is 13.5. The highest BCUT2D eigenvalue weighted by molar-refractivity contribution is 7.89. The Labute approximate surface area is 140 Å². The fourth-order valence-electron chi connectivity index (χ4n) is 3.01. The minimum atomic E-state index is -4.32. The van der Waals surface area contributed by atoms with Gasteiger partial charge in [-0.3, -0.25) is 4.99 Å². The molecular formula is C15H20F2N4O2S. The van der Waals surface area contributed by atoms with Crippen LogP contribution >= 0.6 is 0 Å². The number of guanidine groups is 1. The van der Waals surface area contributed by atoms with Crippen molar-refractivity contribution < 1.29 is 17.2 Å². The van der Waals surface area contributed by atoms with Crippen molar-refractivity contribution in [3.8, 4) is 0 Å².